The number of hydrogen-bond acceptors (Lipinski definition) is 3. The summed E-state index contributed by atoms with van der Waals surface area (Å²) in [6.07, 6.45) is 3.38. The Morgan fingerprint density at radius 3 is 2.64 bits per heavy atom. The van der Waals surface area contributed by atoms with E-state index < -0.39 is 11.4 Å². The molecule has 1 aliphatic carbocycles. The van der Waals surface area contributed by atoms with E-state index in [1.54, 1.807) is 31.5 Å². The summed E-state index contributed by atoms with van der Waals surface area (Å²) in [6.45, 7) is 1.91. The van der Waals surface area contributed by atoms with Crippen LogP contribution < -0.4 is 10.1 Å². The molecule has 166 valence electrons. The number of nitrogens with zero attached hydrogens (tertiary/aromatic N) is 1. The topological polar surface area (TPSA) is 51.2 Å². The second-order valence-electron chi connectivity index (χ2n) is 8.44. The van der Waals surface area contributed by atoms with Crippen LogP contribution in [0.1, 0.15) is 34.3 Å². The molecule has 1 amide bonds. The summed E-state index contributed by atoms with van der Waals surface area (Å²) in [5.74, 6) is 0.0377. The highest BCUT2D eigenvalue weighted by Gasteiger charge is 2.47. The second-order valence-corrected chi connectivity index (χ2v) is 8.85. The monoisotopic (exact) mass is 460 g/mol. The van der Waals surface area contributed by atoms with Crippen LogP contribution >= 0.6 is 11.6 Å². The number of fused-ring (bicyclic) bond motifs is 1. The minimum absolute atomic E-state index is 0.0677. The molecule has 1 aromatic heterocycles. The van der Waals surface area contributed by atoms with Gasteiger partial charge in [0, 0.05) is 17.1 Å². The van der Waals surface area contributed by atoms with Gasteiger partial charge in [-0.05, 0) is 84.5 Å². The normalized spacial score (nSPS) is 14.2. The predicted octanol–water partition coefficient (Wildman–Crippen LogP) is 6.43. The number of benzene rings is 3. The molecule has 0 aliphatic heterocycles. The van der Waals surface area contributed by atoms with E-state index in [1.807, 2.05) is 37.3 Å². The third-order valence-electron chi connectivity index (χ3n) is 6.28. The van der Waals surface area contributed by atoms with Crippen molar-refractivity contribution in [2.24, 2.45) is 0 Å². The highest BCUT2D eigenvalue weighted by Crippen LogP contribution is 2.49. The van der Waals surface area contributed by atoms with E-state index in [9.17, 15) is 9.18 Å². The minimum atomic E-state index is -0.492. The molecule has 0 atom stereocenters. The Labute approximate surface area is 196 Å². The first-order chi connectivity index (χ1) is 15.9. The average Bonchev–Trinajstić information content (AvgIpc) is 3.60. The third-order valence-corrected chi connectivity index (χ3v) is 6.57. The molecule has 6 heteroatoms. The largest absolute Gasteiger partial charge is 0.497 e. The molecule has 5 rings (SSSR count). The molecule has 1 heterocycles. The summed E-state index contributed by atoms with van der Waals surface area (Å²) in [6, 6.07) is 18.1. The third kappa shape index (κ3) is 3.93. The van der Waals surface area contributed by atoms with Crippen LogP contribution in [-0.4, -0.2) is 18.0 Å². The van der Waals surface area contributed by atoms with Gasteiger partial charge in [0.25, 0.3) is 5.91 Å². The molecular formula is C27H22ClFN2O2. The van der Waals surface area contributed by atoms with Gasteiger partial charge in [0.15, 0.2) is 0 Å². The van der Waals surface area contributed by atoms with Gasteiger partial charge in [-0.25, -0.2) is 4.39 Å². The molecule has 0 spiro atoms. The Morgan fingerprint density at radius 2 is 1.91 bits per heavy atom. The Hall–Kier alpha value is -3.44. The molecule has 4 aromatic rings. The minimum Gasteiger partial charge on any atom is -0.497 e. The lowest BCUT2D eigenvalue weighted by molar-refractivity contribution is 0.0930. The number of carbonyl (C=O) groups excluding carboxylic acids is 1. The maximum absolute atomic E-state index is 13.7. The zero-order chi connectivity index (χ0) is 23.2. The number of pyridine rings is 1. The molecule has 1 fully saturated rings. The quantitative estimate of drug-likeness (QED) is 0.373. The van der Waals surface area contributed by atoms with Crippen molar-refractivity contribution < 1.29 is 13.9 Å². The Kier molecular flexibility index (Phi) is 5.29. The van der Waals surface area contributed by atoms with Gasteiger partial charge < -0.3 is 10.1 Å². The van der Waals surface area contributed by atoms with Gasteiger partial charge >= 0.3 is 0 Å². The van der Waals surface area contributed by atoms with Crippen molar-refractivity contribution >= 4 is 28.4 Å². The number of amides is 1. The van der Waals surface area contributed by atoms with Crippen molar-refractivity contribution in [3.63, 3.8) is 0 Å². The van der Waals surface area contributed by atoms with Crippen molar-refractivity contribution in [3.05, 3.63) is 94.4 Å². The highest BCUT2D eigenvalue weighted by molar-refractivity contribution is 6.31. The van der Waals surface area contributed by atoms with Crippen molar-refractivity contribution in [1.29, 1.82) is 0 Å². The Balaban J connectivity index is 1.59. The van der Waals surface area contributed by atoms with Crippen molar-refractivity contribution in [1.82, 2.24) is 10.3 Å². The lowest BCUT2D eigenvalue weighted by Crippen LogP contribution is -2.35. The van der Waals surface area contributed by atoms with Gasteiger partial charge in [-0.15, -0.1) is 0 Å². The van der Waals surface area contributed by atoms with E-state index in [4.69, 9.17) is 16.3 Å². The SMILES string of the molecule is COc1ccc(C)c(C(=O)NC2(c3cc(-c4ccc(F)c(Cl)c4)cc4ncccc34)CC2)c1. The van der Waals surface area contributed by atoms with E-state index in [0.717, 1.165) is 46.0 Å². The molecule has 1 aliphatic rings. The van der Waals surface area contributed by atoms with Gasteiger partial charge in [0.2, 0.25) is 0 Å². The molecule has 1 N–H and O–H groups in total. The lowest BCUT2D eigenvalue weighted by atomic mass is 9.93. The van der Waals surface area contributed by atoms with Gasteiger partial charge in [-0.1, -0.05) is 29.8 Å². The summed E-state index contributed by atoms with van der Waals surface area (Å²) in [4.78, 5) is 17.8. The summed E-state index contributed by atoms with van der Waals surface area (Å²) in [5.41, 5.74) is 4.45. The fourth-order valence-corrected chi connectivity index (χ4v) is 4.45. The first kappa shape index (κ1) is 21.4. The fourth-order valence-electron chi connectivity index (χ4n) is 4.26. The van der Waals surface area contributed by atoms with Crippen molar-refractivity contribution in [2.75, 3.05) is 7.11 Å². The Bertz CT molecular complexity index is 1400. The number of aromatic nitrogens is 1. The second kappa shape index (κ2) is 8.16. The van der Waals surface area contributed by atoms with Crippen LogP contribution in [0.5, 0.6) is 5.75 Å². The smallest absolute Gasteiger partial charge is 0.252 e. The molecule has 4 nitrogen and oxygen atoms in total. The first-order valence-electron chi connectivity index (χ1n) is 10.7. The molecule has 0 unspecified atom stereocenters. The predicted molar refractivity (Wildman–Crippen MR) is 128 cm³/mol. The van der Waals surface area contributed by atoms with Crippen LogP contribution in [0.25, 0.3) is 22.0 Å². The Morgan fingerprint density at radius 1 is 1.09 bits per heavy atom. The summed E-state index contributed by atoms with van der Waals surface area (Å²) in [5, 5.41) is 4.32. The molecule has 0 bridgehead atoms. The van der Waals surface area contributed by atoms with Crippen LogP contribution in [0.2, 0.25) is 5.02 Å². The van der Waals surface area contributed by atoms with Crippen LogP contribution in [0, 0.1) is 12.7 Å². The summed E-state index contributed by atoms with van der Waals surface area (Å²) < 4.78 is 19.0. The van der Waals surface area contributed by atoms with Gasteiger partial charge in [-0.2, -0.15) is 0 Å². The summed E-state index contributed by atoms with van der Waals surface area (Å²) >= 11 is 6.04. The van der Waals surface area contributed by atoms with Gasteiger partial charge in [0.05, 0.1) is 23.2 Å². The van der Waals surface area contributed by atoms with Crippen LogP contribution in [-0.2, 0) is 5.54 Å². The first-order valence-corrected chi connectivity index (χ1v) is 11.1. The van der Waals surface area contributed by atoms with E-state index in [1.165, 1.54) is 6.07 Å². The number of aryl methyl sites for hydroxylation is 1. The van der Waals surface area contributed by atoms with E-state index in [-0.39, 0.29) is 10.9 Å². The number of ether oxygens (including phenoxy) is 1. The molecule has 0 radical (unpaired) electrons. The average molecular weight is 461 g/mol. The van der Waals surface area contributed by atoms with Crippen molar-refractivity contribution in [3.8, 4) is 16.9 Å². The molecule has 0 saturated heterocycles. The zero-order valence-corrected chi connectivity index (χ0v) is 19.0. The maximum atomic E-state index is 13.7. The fraction of sp³-hybridized carbons (Fsp3) is 0.185. The number of methoxy groups -OCH3 is 1. The molecule has 1 saturated carbocycles. The molecule has 3 aromatic carbocycles. The standard InChI is InChI=1S/C27H22ClFN2O2/c1-16-5-7-19(33-2)15-21(16)26(32)31-27(9-10-27)22-12-18(14-25-20(22)4-3-11-30-25)17-6-8-24(29)23(28)13-17/h3-8,11-15H,9-10H2,1-2H3,(H,31,32). The van der Waals surface area contributed by atoms with E-state index in [2.05, 4.69) is 16.4 Å². The van der Waals surface area contributed by atoms with Crippen LogP contribution in [0.3, 0.4) is 0 Å². The number of halogens is 2. The molecular weight excluding hydrogens is 439 g/mol. The van der Waals surface area contributed by atoms with Gasteiger partial charge in [-0.3, -0.25) is 9.78 Å². The number of rotatable bonds is 5. The number of carbonyl (C=O) groups is 1. The van der Waals surface area contributed by atoms with E-state index in [0.29, 0.717) is 11.3 Å². The molecule has 33 heavy (non-hydrogen) atoms. The van der Waals surface area contributed by atoms with Crippen molar-refractivity contribution in [2.45, 2.75) is 25.3 Å². The summed E-state index contributed by atoms with van der Waals surface area (Å²) in [7, 11) is 1.58. The van der Waals surface area contributed by atoms with E-state index >= 15 is 0 Å². The maximum Gasteiger partial charge on any atom is 0.252 e. The van der Waals surface area contributed by atoms with Crippen LogP contribution in [0.4, 0.5) is 4.39 Å². The lowest BCUT2D eigenvalue weighted by Gasteiger charge is -2.22. The van der Waals surface area contributed by atoms with Gasteiger partial charge in [0.1, 0.15) is 11.6 Å². The zero-order valence-electron chi connectivity index (χ0n) is 18.3. The van der Waals surface area contributed by atoms with Crippen LogP contribution in [0.15, 0.2) is 66.9 Å². The number of nitrogens with one attached hydrogen (secondary N) is 1. The number of hydrogen-bond donors (Lipinski definition) is 1. The highest BCUT2D eigenvalue weighted by atomic mass is 35.5.